The van der Waals surface area contributed by atoms with Gasteiger partial charge in [0.05, 0.1) is 13.7 Å². The molecule has 0 bridgehead atoms. The van der Waals surface area contributed by atoms with E-state index >= 15 is 0 Å². The van der Waals surface area contributed by atoms with Gasteiger partial charge in [0.15, 0.2) is 0 Å². The van der Waals surface area contributed by atoms with E-state index in [0.717, 1.165) is 5.75 Å². The van der Waals surface area contributed by atoms with Crippen molar-refractivity contribution in [1.82, 2.24) is 4.90 Å². The number of hydrogen-bond donors (Lipinski definition) is 0. The number of esters is 1. The summed E-state index contributed by atoms with van der Waals surface area (Å²) in [4.78, 5) is 25.0. The number of ether oxygens (including phenoxy) is 2. The Morgan fingerprint density at radius 1 is 1.19 bits per heavy atom. The molecule has 0 saturated heterocycles. The molecule has 0 aliphatic carbocycles. The standard InChI is InChI=1S/C16H23NO4/c1-5-17(10-15(18)20-4)16(19)13-6-8-14(9-7-13)21-11-12(2)3/h6-9,12H,5,10-11H2,1-4H3. The predicted molar refractivity (Wildman–Crippen MR) is 80.4 cm³/mol. The molecule has 0 aromatic heterocycles. The SMILES string of the molecule is CCN(CC(=O)OC)C(=O)c1ccc(OCC(C)C)cc1. The van der Waals surface area contributed by atoms with Crippen LogP contribution in [0.2, 0.25) is 0 Å². The summed E-state index contributed by atoms with van der Waals surface area (Å²) in [7, 11) is 1.31. The third-order valence-electron chi connectivity index (χ3n) is 2.90. The van der Waals surface area contributed by atoms with Crippen LogP contribution in [0.1, 0.15) is 31.1 Å². The maximum Gasteiger partial charge on any atom is 0.325 e. The molecule has 0 fully saturated rings. The molecular formula is C16H23NO4. The van der Waals surface area contributed by atoms with E-state index in [1.807, 2.05) is 6.92 Å². The number of methoxy groups -OCH3 is 1. The Hall–Kier alpha value is -2.04. The number of benzene rings is 1. The zero-order chi connectivity index (χ0) is 15.8. The Morgan fingerprint density at radius 3 is 2.29 bits per heavy atom. The fourth-order valence-corrected chi connectivity index (χ4v) is 1.69. The van der Waals surface area contributed by atoms with Crippen LogP contribution in [0.25, 0.3) is 0 Å². The van der Waals surface area contributed by atoms with E-state index in [2.05, 4.69) is 18.6 Å². The van der Waals surface area contributed by atoms with Gasteiger partial charge in [-0.2, -0.15) is 0 Å². The van der Waals surface area contributed by atoms with Crippen molar-refractivity contribution in [2.45, 2.75) is 20.8 Å². The van der Waals surface area contributed by atoms with E-state index in [0.29, 0.717) is 24.6 Å². The summed E-state index contributed by atoms with van der Waals surface area (Å²) in [6.07, 6.45) is 0. The van der Waals surface area contributed by atoms with Gasteiger partial charge in [0, 0.05) is 12.1 Å². The second-order valence-corrected chi connectivity index (χ2v) is 5.12. The van der Waals surface area contributed by atoms with Crippen molar-refractivity contribution in [3.05, 3.63) is 29.8 Å². The maximum absolute atomic E-state index is 12.3. The molecule has 21 heavy (non-hydrogen) atoms. The van der Waals surface area contributed by atoms with E-state index in [1.165, 1.54) is 12.0 Å². The average molecular weight is 293 g/mol. The minimum absolute atomic E-state index is 0.0442. The monoisotopic (exact) mass is 293 g/mol. The molecule has 0 atom stereocenters. The number of carbonyl (C=O) groups is 2. The Labute approximate surface area is 125 Å². The number of rotatable bonds is 7. The maximum atomic E-state index is 12.3. The third kappa shape index (κ3) is 5.45. The van der Waals surface area contributed by atoms with Gasteiger partial charge in [-0.05, 0) is 37.1 Å². The summed E-state index contributed by atoms with van der Waals surface area (Å²) < 4.78 is 10.2. The molecule has 1 amide bonds. The van der Waals surface area contributed by atoms with Gasteiger partial charge >= 0.3 is 5.97 Å². The first-order valence-corrected chi connectivity index (χ1v) is 7.06. The van der Waals surface area contributed by atoms with Crippen molar-refractivity contribution < 1.29 is 19.1 Å². The summed E-state index contributed by atoms with van der Waals surface area (Å²) in [5, 5.41) is 0. The first-order valence-electron chi connectivity index (χ1n) is 7.06. The molecule has 0 N–H and O–H groups in total. The van der Waals surface area contributed by atoms with Gasteiger partial charge in [0.25, 0.3) is 5.91 Å². The molecule has 1 aromatic carbocycles. The van der Waals surface area contributed by atoms with Gasteiger partial charge in [0.1, 0.15) is 12.3 Å². The fourth-order valence-electron chi connectivity index (χ4n) is 1.69. The lowest BCUT2D eigenvalue weighted by molar-refractivity contribution is -0.141. The van der Waals surface area contributed by atoms with Crippen LogP contribution in [-0.4, -0.2) is 43.6 Å². The van der Waals surface area contributed by atoms with E-state index in [1.54, 1.807) is 24.3 Å². The molecule has 0 heterocycles. The molecule has 0 aliphatic heterocycles. The molecule has 116 valence electrons. The van der Waals surface area contributed by atoms with Crippen LogP contribution < -0.4 is 4.74 Å². The smallest absolute Gasteiger partial charge is 0.325 e. The Morgan fingerprint density at radius 2 is 1.81 bits per heavy atom. The lowest BCUT2D eigenvalue weighted by Gasteiger charge is -2.19. The molecule has 1 rings (SSSR count). The van der Waals surface area contributed by atoms with Gasteiger partial charge < -0.3 is 14.4 Å². The summed E-state index contributed by atoms with van der Waals surface area (Å²) in [6, 6.07) is 6.94. The topological polar surface area (TPSA) is 55.8 Å². The van der Waals surface area contributed by atoms with Gasteiger partial charge in [0.2, 0.25) is 0 Å². The molecule has 5 heteroatoms. The summed E-state index contributed by atoms with van der Waals surface area (Å²) in [5.41, 5.74) is 0.526. The highest BCUT2D eigenvalue weighted by Crippen LogP contribution is 2.14. The van der Waals surface area contributed by atoms with Crippen LogP contribution in [-0.2, 0) is 9.53 Å². The van der Waals surface area contributed by atoms with Crippen molar-refractivity contribution in [3.63, 3.8) is 0 Å². The molecule has 0 spiro atoms. The second-order valence-electron chi connectivity index (χ2n) is 5.12. The summed E-state index contributed by atoms with van der Waals surface area (Å²) in [5.74, 6) is 0.554. The highest BCUT2D eigenvalue weighted by molar-refractivity contribution is 5.96. The van der Waals surface area contributed by atoms with Gasteiger partial charge in [-0.25, -0.2) is 0 Å². The van der Waals surface area contributed by atoms with Crippen molar-refractivity contribution in [3.8, 4) is 5.75 Å². The second kappa shape index (κ2) is 8.29. The van der Waals surface area contributed by atoms with Crippen LogP contribution in [0.15, 0.2) is 24.3 Å². The minimum Gasteiger partial charge on any atom is -0.493 e. The van der Waals surface area contributed by atoms with Crippen molar-refractivity contribution in [1.29, 1.82) is 0 Å². The lowest BCUT2D eigenvalue weighted by Crippen LogP contribution is -2.36. The summed E-state index contributed by atoms with van der Waals surface area (Å²) >= 11 is 0. The summed E-state index contributed by atoms with van der Waals surface area (Å²) in [6.45, 7) is 7.00. The average Bonchev–Trinajstić information content (AvgIpc) is 2.50. The molecule has 0 radical (unpaired) electrons. The van der Waals surface area contributed by atoms with Crippen LogP contribution in [0.5, 0.6) is 5.75 Å². The number of carbonyl (C=O) groups excluding carboxylic acids is 2. The van der Waals surface area contributed by atoms with Crippen LogP contribution in [0.3, 0.4) is 0 Å². The van der Waals surface area contributed by atoms with E-state index < -0.39 is 5.97 Å². The van der Waals surface area contributed by atoms with Crippen LogP contribution in [0.4, 0.5) is 0 Å². The zero-order valence-electron chi connectivity index (χ0n) is 13.1. The first kappa shape index (κ1) is 17.0. The largest absolute Gasteiger partial charge is 0.493 e. The van der Waals surface area contributed by atoms with E-state index in [4.69, 9.17) is 4.74 Å². The highest BCUT2D eigenvalue weighted by Gasteiger charge is 2.17. The molecule has 1 aromatic rings. The lowest BCUT2D eigenvalue weighted by atomic mass is 10.2. The van der Waals surface area contributed by atoms with Gasteiger partial charge in [-0.3, -0.25) is 9.59 Å². The van der Waals surface area contributed by atoms with Gasteiger partial charge in [-0.1, -0.05) is 13.8 Å². The Bertz CT molecular complexity index is 468. The first-order chi connectivity index (χ1) is 9.97. The number of nitrogens with zero attached hydrogens (tertiary/aromatic N) is 1. The molecule has 0 unspecified atom stereocenters. The van der Waals surface area contributed by atoms with Crippen molar-refractivity contribution in [2.75, 3.05) is 26.8 Å². The fraction of sp³-hybridized carbons (Fsp3) is 0.500. The number of likely N-dealkylation sites (N-methyl/N-ethyl adjacent to an activating group) is 1. The van der Waals surface area contributed by atoms with Crippen LogP contribution in [0, 0.1) is 5.92 Å². The highest BCUT2D eigenvalue weighted by atomic mass is 16.5. The molecule has 0 saturated carbocycles. The quantitative estimate of drug-likeness (QED) is 0.724. The predicted octanol–water partition coefficient (Wildman–Crippen LogP) is 2.36. The Kier molecular flexibility index (Phi) is 6.72. The van der Waals surface area contributed by atoms with Crippen molar-refractivity contribution >= 4 is 11.9 Å². The number of hydrogen-bond acceptors (Lipinski definition) is 4. The van der Waals surface area contributed by atoms with Crippen LogP contribution >= 0.6 is 0 Å². The van der Waals surface area contributed by atoms with Gasteiger partial charge in [-0.15, -0.1) is 0 Å². The zero-order valence-corrected chi connectivity index (χ0v) is 13.1. The molecular weight excluding hydrogens is 270 g/mol. The van der Waals surface area contributed by atoms with E-state index in [-0.39, 0.29) is 12.5 Å². The normalized spacial score (nSPS) is 10.3. The minimum atomic E-state index is -0.429. The number of amides is 1. The Balaban J connectivity index is 2.70. The molecule has 0 aliphatic rings. The van der Waals surface area contributed by atoms with E-state index in [9.17, 15) is 9.59 Å². The molecule has 5 nitrogen and oxygen atoms in total. The third-order valence-corrected chi connectivity index (χ3v) is 2.90. The van der Waals surface area contributed by atoms with Crippen molar-refractivity contribution in [2.24, 2.45) is 5.92 Å².